The van der Waals surface area contributed by atoms with E-state index in [4.69, 9.17) is 0 Å². The van der Waals surface area contributed by atoms with Gasteiger partial charge in [0, 0.05) is 18.8 Å². The summed E-state index contributed by atoms with van der Waals surface area (Å²) in [7, 11) is 0. The highest BCUT2D eigenvalue weighted by molar-refractivity contribution is 5.93. The zero-order valence-electron chi connectivity index (χ0n) is 9.79. The number of ketones is 2. The van der Waals surface area contributed by atoms with Crippen molar-refractivity contribution in [3.05, 3.63) is 0 Å². The monoisotopic (exact) mass is 213 g/mol. The van der Waals surface area contributed by atoms with Crippen molar-refractivity contribution < 1.29 is 14.4 Å². The molecule has 0 radical (unpaired) electrons. The molecule has 0 spiro atoms. The van der Waals surface area contributed by atoms with E-state index >= 15 is 0 Å². The summed E-state index contributed by atoms with van der Waals surface area (Å²) in [5.41, 5.74) is 0. The normalized spacial score (nSPS) is 12.3. The molecular weight excluding hydrogens is 194 g/mol. The zero-order valence-corrected chi connectivity index (χ0v) is 9.79. The molecule has 4 nitrogen and oxygen atoms in total. The second-order valence-electron chi connectivity index (χ2n) is 3.94. The van der Waals surface area contributed by atoms with Crippen molar-refractivity contribution in [2.24, 2.45) is 5.92 Å². The number of carbonyl (C=O) groups excluding carboxylic acids is 3. The molecule has 1 unspecified atom stereocenters. The summed E-state index contributed by atoms with van der Waals surface area (Å²) in [6.07, 6.45) is 0.405. The first-order chi connectivity index (χ1) is 6.88. The number of hydrogen-bond acceptors (Lipinski definition) is 3. The highest BCUT2D eigenvalue weighted by Gasteiger charge is 2.23. The molecule has 0 fully saturated rings. The fourth-order valence-electron chi connectivity index (χ4n) is 1.21. The fraction of sp³-hybridized carbons (Fsp3) is 0.727. The van der Waals surface area contributed by atoms with Crippen LogP contribution in [0.15, 0.2) is 0 Å². The van der Waals surface area contributed by atoms with E-state index in [-0.39, 0.29) is 29.8 Å². The number of Topliss-reactive ketones (excluding diaryl/α,β-unsaturated/α-hetero) is 2. The quantitative estimate of drug-likeness (QED) is 0.718. The van der Waals surface area contributed by atoms with Gasteiger partial charge in [-0.25, -0.2) is 0 Å². The highest BCUT2D eigenvalue weighted by atomic mass is 16.2. The van der Waals surface area contributed by atoms with Crippen LogP contribution in [0.1, 0.15) is 40.5 Å². The van der Waals surface area contributed by atoms with Crippen molar-refractivity contribution in [3.63, 3.8) is 0 Å². The molecule has 0 aliphatic rings. The summed E-state index contributed by atoms with van der Waals surface area (Å²) in [6.45, 7) is 6.64. The topological polar surface area (TPSA) is 63.2 Å². The predicted molar refractivity (Wildman–Crippen MR) is 57.4 cm³/mol. The minimum atomic E-state index is -0.657. The van der Waals surface area contributed by atoms with Crippen LogP contribution in [0.25, 0.3) is 0 Å². The summed E-state index contributed by atoms with van der Waals surface area (Å²) < 4.78 is 0. The summed E-state index contributed by atoms with van der Waals surface area (Å²) in [5.74, 6) is -0.556. The number of hydrogen-bond donors (Lipinski definition) is 1. The van der Waals surface area contributed by atoms with E-state index < -0.39 is 6.04 Å². The SMILES string of the molecule is CCC(=O)NC(CC(C)=O)C(=O)C(C)C. The summed E-state index contributed by atoms with van der Waals surface area (Å²) in [5, 5.41) is 2.57. The first kappa shape index (κ1) is 13.8. The molecule has 15 heavy (non-hydrogen) atoms. The summed E-state index contributed by atoms with van der Waals surface area (Å²) >= 11 is 0. The second-order valence-corrected chi connectivity index (χ2v) is 3.94. The Bertz CT molecular complexity index is 259. The fourth-order valence-corrected chi connectivity index (χ4v) is 1.21. The van der Waals surface area contributed by atoms with Gasteiger partial charge in [-0.15, -0.1) is 0 Å². The first-order valence-corrected chi connectivity index (χ1v) is 5.21. The minimum Gasteiger partial charge on any atom is -0.346 e. The molecule has 0 bridgehead atoms. The molecule has 0 aliphatic carbocycles. The third kappa shape index (κ3) is 5.30. The van der Waals surface area contributed by atoms with E-state index in [0.29, 0.717) is 6.42 Å². The Kier molecular flexibility index (Phi) is 5.82. The molecule has 1 atom stereocenters. The molecule has 1 amide bonds. The van der Waals surface area contributed by atoms with Gasteiger partial charge in [0.2, 0.25) is 5.91 Å². The van der Waals surface area contributed by atoms with E-state index in [2.05, 4.69) is 5.32 Å². The van der Waals surface area contributed by atoms with Crippen molar-refractivity contribution >= 4 is 17.5 Å². The van der Waals surface area contributed by atoms with Crippen LogP contribution < -0.4 is 5.32 Å². The van der Waals surface area contributed by atoms with Crippen molar-refractivity contribution in [2.75, 3.05) is 0 Å². The van der Waals surface area contributed by atoms with Gasteiger partial charge in [-0.3, -0.25) is 14.4 Å². The molecular formula is C11H19NO3. The average Bonchev–Trinajstić information content (AvgIpc) is 2.14. The molecule has 0 saturated heterocycles. The van der Waals surface area contributed by atoms with Crippen LogP contribution in [-0.4, -0.2) is 23.5 Å². The first-order valence-electron chi connectivity index (χ1n) is 5.21. The van der Waals surface area contributed by atoms with Crippen molar-refractivity contribution in [1.29, 1.82) is 0 Å². The third-order valence-corrected chi connectivity index (χ3v) is 2.06. The maximum absolute atomic E-state index is 11.7. The molecule has 0 aromatic carbocycles. The highest BCUT2D eigenvalue weighted by Crippen LogP contribution is 2.04. The van der Waals surface area contributed by atoms with Gasteiger partial charge in [0.15, 0.2) is 5.78 Å². The lowest BCUT2D eigenvalue weighted by atomic mass is 9.97. The van der Waals surface area contributed by atoms with Gasteiger partial charge < -0.3 is 5.32 Å². The molecule has 0 saturated carbocycles. The van der Waals surface area contributed by atoms with Gasteiger partial charge in [-0.05, 0) is 6.92 Å². The van der Waals surface area contributed by atoms with Crippen molar-refractivity contribution in [3.8, 4) is 0 Å². The Morgan fingerprint density at radius 1 is 1.20 bits per heavy atom. The minimum absolute atomic E-state index is 0.0861. The number of rotatable bonds is 6. The van der Waals surface area contributed by atoms with Crippen LogP contribution in [0.3, 0.4) is 0 Å². The lowest BCUT2D eigenvalue weighted by Gasteiger charge is -2.17. The predicted octanol–water partition coefficient (Wildman–Crippen LogP) is 1.09. The van der Waals surface area contributed by atoms with Gasteiger partial charge in [0.1, 0.15) is 5.78 Å². The molecule has 0 heterocycles. The average molecular weight is 213 g/mol. The van der Waals surface area contributed by atoms with E-state index in [0.717, 1.165) is 0 Å². The number of carbonyl (C=O) groups is 3. The lowest BCUT2D eigenvalue weighted by Crippen LogP contribution is -2.43. The molecule has 1 N–H and O–H groups in total. The number of nitrogens with one attached hydrogen (secondary N) is 1. The Morgan fingerprint density at radius 2 is 1.73 bits per heavy atom. The smallest absolute Gasteiger partial charge is 0.220 e. The van der Waals surface area contributed by atoms with Crippen LogP contribution >= 0.6 is 0 Å². The van der Waals surface area contributed by atoms with Crippen LogP contribution in [0.2, 0.25) is 0 Å². The number of amides is 1. The van der Waals surface area contributed by atoms with Crippen LogP contribution in [0.4, 0.5) is 0 Å². The van der Waals surface area contributed by atoms with E-state index in [9.17, 15) is 14.4 Å². The summed E-state index contributed by atoms with van der Waals surface area (Å²) in [4.78, 5) is 33.8. The second kappa shape index (κ2) is 6.32. The summed E-state index contributed by atoms with van der Waals surface area (Å²) in [6, 6.07) is -0.657. The Balaban J connectivity index is 4.50. The zero-order chi connectivity index (χ0) is 12.0. The standard InChI is InChI=1S/C11H19NO3/c1-5-10(14)12-9(6-8(4)13)11(15)7(2)3/h7,9H,5-6H2,1-4H3,(H,12,14). The van der Waals surface area contributed by atoms with Crippen LogP contribution in [-0.2, 0) is 14.4 Å². The Morgan fingerprint density at radius 3 is 2.07 bits per heavy atom. The molecule has 0 aliphatic heterocycles. The Hall–Kier alpha value is -1.19. The lowest BCUT2D eigenvalue weighted by molar-refractivity contribution is -0.131. The van der Waals surface area contributed by atoms with E-state index in [1.165, 1.54) is 6.92 Å². The van der Waals surface area contributed by atoms with Crippen molar-refractivity contribution in [2.45, 2.75) is 46.6 Å². The van der Waals surface area contributed by atoms with Crippen LogP contribution in [0, 0.1) is 5.92 Å². The largest absolute Gasteiger partial charge is 0.346 e. The molecule has 86 valence electrons. The Labute approximate surface area is 90.4 Å². The molecule has 0 aromatic heterocycles. The molecule has 0 aromatic rings. The van der Waals surface area contributed by atoms with Gasteiger partial charge in [-0.1, -0.05) is 20.8 Å². The van der Waals surface area contributed by atoms with Gasteiger partial charge in [0.25, 0.3) is 0 Å². The van der Waals surface area contributed by atoms with Gasteiger partial charge >= 0.3 is 0 Å². The van der Waals surface area contributed by atoms with Gasteiger partial charge in [-0.2, -0.15) is 0 Å². The van der Waals surface area contributed by atoms with Crippen molar-refractivity contribution in [1.82, 2.24) is 5.32 Å². The molecule has 0 rings (SSSR count). The van der Waals surface area contributed by atoms with Gasteiger partial charge in [0.05, 0.1) is 6.04 Å². The maximum Gasteiger partial charge on any atom is 0.220 e. The van der Waals surface area contributed by atoms with E-state index in [1.807, 2.05) is 0 Å². The van der Waals surface area contributed by atoms with E-state index in [1.54, 1.807) is 20.8 Å². The molecule has 4 heteroatoms. The third-order valence-electron chi connectivity index (χ3n) is 2.06. The maximum atomic E-state index is 11.7. The van der Waals surface area contributed by atoms with Crippen LogP contribution in [0.5, 0.6) is 0 Å².